The third kappa shape index (κ3) is 2.67. The van der Waals surface area contributed by atoms with Gasteiger partial charge in [0.1, 0.15) is 0 Å². The second-order valence-electron chi connectivity index (χ2n) is 5.44. The SMILES string of the molecule is CNCC1CCN(Cc2ccccn2)C1(C)C. The molecule has 1 fully saturated rings. The molecule has 1 aromatic heterocycles. The fourth-order valence-corrected chi connectivity index (χ4v) is 2.78. The molecule has 3 nitrogen and oxygen atoms in total. The zero-order valence-electron chi connectivity index (χ0n) is 11.1. The Morgan fingerprint density at radius 1 is 1.47 bits per heavy atom. The van der Waals surface area contributed by atoms with Gasteiger partial charge in [0.2, 0.25) is 0 Å². The molecule has 0 amide bonds. The van der Waals surface area contributed by atoms with Gasteiger partial charge in [0.05, 0.1) is 5.69 Å². The van der Waals surface area contributed by atoms with Gasteiger partial charge in [-0.2, -0.15) is 0 Å². The third-order valence-corrected chi connectivity index (χ3v) is 4.09. The zero-order valence-corrected chi connectivity index (χ0v) is 11.1. The third-order valence-electron chi connectivity index (χ3n) is 4.09. The minimum Gasteiger partial charge on any atom is -0.319 e. The molecule has 94 valence electrons. The molecular weight excluding hydrogens is 210 g/mol. The number of aromatic nitrogens is 1. The van der Waals surface area contributed by atoms with Gasteiger partial charge in [-0.15, -0.1) is 0 Å². The lowest BCUT2D eigenvalue weighted by molar-refractivity contribution is 0.129. The fourth-order valence-electron chi connectivity index (χ4n) is 2.78. The Bertz CT molecular complexity index is 348. The summed E-state index contributed by atoms with van der Waals surface area (Å²) in [6.45, 7) is 7.95. The Morgan fingerprint density at radius 2 is 2.29 bits per heavy atom. The van der Waals surface area contributed by atoms with E-state index in [9.17, 15) is 0 Å². The number of likely N-dealkylation sites (tertiary alicyclic amines) is 1. The molecule has 2 heterocycles. The minimum atomic E-state index is 0.264. The molecule has 2 rings (SSSR count). The molecule has 1 aliphatic rings. The van der Waals surface area contributed by atoms with Crippen LogP contribution in [0.3, 0.4) is 0 Å². The first-order chi connectivity index (χ1) is 8.14. The molecule has 0 aromatic carbocycles. The van der Waals surface area contributed by atoms with Crippen molar-refractivity contribution in [3.05, 3.63) is 30.1 Å². The minimum absolute atomic E-state index is 0.264. The second-order valence-corrected chi connectivity index (χ2v) is 5.44. The van der Waals surface area contributed by atoms with Crippen molar-refractivity contribution in [1.29, 1.82) is 0 Å². The summed E-state index contributed by atoms with van der Waals surface area (Å²) in [6, 6.07) is 6.15. The lowest BCUT2D eigenvalue weighted by atomic mass is 9.88. The van der Waals surface area contributed by atoms with Gasteiger partial charge in [-0.3, -0.25) is 9.88 Å². The van der Waals surface area contributed by atoms with Crippen LogP contribution in [0.2, 0.25) is 0 Å². The van der Waals surface area contributed by atoms with Crippen molar-refractivity contribution in [3.63, 3.8) is 0 Å². The summed E-state index contributed by atoms with van der Waals surface area (Å²) in [5.41, 5.74) is 1.44. The van der Waals surface area contributed by atoms with Crippen LogP contribution in [0.4, 0.5) is 0 Å². The van der Waals surface area contributed by atoms with Crippen molar-refractivity contribution in [3.8, 4) is 0 Å². The van der Waals surface area contributed by atoms with Crippen LogP contribution in [0.25, 0.3) is 0 Å². The van der Waals surface area contributed by atoms with E-state index in [0.29, 0.717) is 0 Å². The van der Waals surface area contributed by atoms with Crippen LogP contribution in [0, 0.1) is 5.92 Å². The fraction of sp³-hybridized carbons (Fsp3) is 0.643. The highest BCUT2D eigenvalue weighted by molar-refractivity contribution is 5.06. The van der Waals surface area contributed by atoms with E-state index in [1.807, 2.05) is 19.3 Å². The summed E-state index contributed by atoms with van der Waals surface area (Å²) in [6.07, 6.45) is 3.16. The molecule has 1 unspecified atom stereocenters. The summed E-state index contributed by atoms with van der Waals surface area (Å²) >= 11 is 0. The highest BCUT2D eigenvalue weighted by atomic mass is 15.2. The normalized spacial score (nSPS) is 24.1. The summed E-state index contributed by atoms with van der Waals surface area (Å²) in [5, 5.41) is 3.31. The average molecular weight is 233 g/mol. The lowest BCUT2D eigenvalue weighted by Crippen LogP contribution is -2.44. The standard InChI is InChI=1S/C14H23N3/c1-14(2)12(10-15-3)7-9-17(14)11-13-6-4-5-8-16-13/h4-6,8,12,15H,7,9-11H2,1-3H3. The first kappa shape index (κ1) is 12.5. The summed E-state index contributed by atoms with van der Waals surface area (Å²) in [4.78, 5) is 6.97. The van der Waals surface area contributed by atoms with Crippen LogP contribution in [-0.2, 0) is 6.54 Å². The van der Waals surface area contributed by atoms with Crippen molar-refractivity contribution < 1.29 is 0 Å². The van der Waals surface area contributed by atoms with Crippen LogP contribution in [-0.4, -0.2) is 35.6 Å². The molecule has 3 heteroatoms. The van der Waals surface area contributed by atoms with Gasteiger partial charge in [-0.25, -0.2) is 0 Å². The summed E-state index contributed by atoms with van der Waals surface area (Å²) < 4.78 is 0. The van der Waals surface area contributed by atoms with Crippen molar-refractivity contribution in [2.75, 3.05) is 20.1 Å². The van der Waals surface area contributed by atoms with E-state index in [1.165, 1.54) is 18.7 Å². The molecular formula is C14H23N3. The quantitative estimate of drug-likeness (QED) is 0.861. The van der Waals surface area contributed by atoms with Gasteiger partial charge in [0, 0.05) is 18.3 Å². The molecule has 0 saturated carbocycles. The lowest BCUT2D eigenvalue weighted by Gasteiger charge is -2.36. The van der Waals surface area contributed by atoms with Crippen LogP contribution in [0.15, 0.2) is 24.4 Å². The van der Waals surface area contributed by atoms with Crippen molar-refractivity contribution >= 4 is 0 Å². The van der Waals surface area contributed by atoms with E-state index < -0.39 is 0 Å². The van der Waals surface area contributed by atoms with Gasteiger partial charge in [0.15, 0.2) is 0 Å². The van der Waals surface area contributed by atoms with Gasteiger partial charge in [0.25, 0.3) is 0 Å². The highest BCUT2D eigenvalue weighted by Gasteiger charge is 2.40. The van der Waals surface area contributed by atoms with Gasteiger partial charge in [-0.1, -0.05) is 6.07 Å². The van der Waals surface area contributed by atoms with E-state index in [0.717, 1.165) is 19.0 Å². The Morgan fingerprint density at radius 3 is 2.94 bits per heavy atom. The molecule has 17 heavy (non-hydrogen) atoms. The van der Waals surface area contributed by atoms with E-state index in [-0.39, 0.29) is 5.54 Å². The maximum Gasteiger partial charge on any atom is 0.0544 e. The number of pyridine rings is 1. The number of nitrogens with zero attached hydrogens (tertiary/aromatic N) is 2. The molecule has 0 spiro atoms. The van der Waals surface area contributed by atoms with Gasteiger partial charge in [-0.05, 0) is 58.5 Å². The molecule has 1 N–H and O–H groups in total. The van der Waals surface area contributed by atoms with E-state index in [1.54, 1.807) is 0 Å². The van der Waals surface area contributed by atoms with Gasteiger partial charge >= 0.3 is 0 Å². The summed E-state index contributed by atoms with van der Waals surface area (Å²) in [7, 11) is 2.04. The highest BCUT2D eigenvalue weighted by Crippen LogP contribution is 2.34. The predicted molar refractivity (Wildman–Crippen MR) is 70.8 cm³/mol. The Hall–Kier alpha value is -0.930. The number of hydrogen-bond acceptors (Lipinski definition) is 3. The monoisotopic (exact) mass is 233 g/mol. The van der Waals surface area contributed by atoms with Crippen LogP contribution < -0.4 is 5.32 Å². The van der Waals surface area contributed by atoms with E-state index in [4.69, 9.17) is 0 Å². The maximum absolute atomic E-state index is 4.42. The molecule has 0 radical (unpaired) electrons. The van der Waals surface area contributed by atoms with E-state index in [2.05, 4.69) is 41.2 Å². The Kier molecular flexibility index (Phi) is 3.79. The van der Waals surface area contributed by atoms with Crippen LogP contribution in [0.1, 0.15) is 26.0 Å². The maximum atomic E-state index is 4.42. The van der Waals surface area contributed by atoms with Crippen molar-refractivity contribution in [1.82, 2.24) is 15.2 Å². The van der Waals surface area contributed by atoms with Crippen LogP contribution in [0.5, 0.6) is 0 Å². The zero-order chi connectivity index (χ0) is 12.3. The average Bonchev–Trinajstić information content (AvgIpc) is 2.58. The number of nitrogens with one attached hydrogen (secondary N) is 1. The van der Waals surface area contributed by atoms with Crippen molar-refractivity contribution in [2.24, 2.45) is 5.92 Å². The van der Waals surface area contributed by atoms with Gasteiger partial charge < -0.3 is 5.32 Å². The molecule has 1 atom stereocenters. The van der Waals surface area contributed by atoms with Crippen LogP contribution >= 0.6 is 0 Å². The molecule has 1 saturated heterocycles. The molecule has 1 aromatic rings. The molecule has 0 aliphatic carbocycles. The molecule has 1 aliphatic heterocycles. The van der Waals surface area contributed by atoms with E-state index >= 15 is 0 Å². The summed E-state index contributed by atoms with van der Waals surface area (Å²) in [5.74, 6) is 0.733. The molecule has 0 bridgehead atoms. The topological polar surface area (TPSA) is 28.2 Å². The first-order valence-corrected chi connectivity index (χ1v) is 6.44. The number of hydrogen-bond donors (Lipinski definition) is 1. The smallest absolute Gasteiger partial charge is 0.0544 e. The number of rotatable bonds is 4. The van der Waals surface area contributed by atoms with Crippen molar-refractivity contribution in [2.45, 2.75) is 32.4 Å². The largest absolute Gasteiger partial charge is 0.319 e. The first-order valence-electron chi connectivity index (χ1n) is 6.44. The second kappa shape index (κ2) is 5.15. The Balaban J connectivity index is 2.03. The Labute approximate surface area is 104 Å². The predicted octanol–water partition coefficient (Wildman–Crippen LogP) is 1.90.